The van der Waals surface area contributed by atoms with Crippen molar-refractivity contribution in [1.29, 1.82) is 0 Å². The molecule has 0 fully saturated rings. The summed E-state index contributed by atoms with van der Waals surface area (Å²) in [5.41, 5.74) is 1.69. The fourth-order valence-electron chi connectivity index (χ4n) is 1.14. The van der Waals surface area contributed by atoms with Crippen LogP contribution in [0.5, 0.6) is 5.75 Å². The van der Waals surface area contributed by atoms with E-state index in [1.54, 1.807) is 6.07 Å². The van der Waals surface area contributed by atoms with Crippen molar-refractivity contribution in [3.63, 3.8) is 0 Å². The molecule has 3 nitrogen and oxygen atoms in total. The molecule has 0 aliphatic rings. The van der Waals surface area contributed by atoms with Crippen molar-refractivity contribution in [3.05, 3.63) is 23.5 Å². The number of aromatic nitrogens is 1. The van der Waals surface area contributed by atoms with E-state index in [0.717, 1.165) is 11.4 Å². The Morgan fingerprint density at radius 3 is 2.64 bits per heavy atom. The molecular formula is C11H18N2O. The molecule has 3 heteroatoms. The van der Waals surface area contributed by atoms with Crippen molar-refractivity contribution < 1.29 is 5.11 Å². The van der Waals surface area contributed by atoms with Crippen LogP contribution in [-0.2, 0) is 6.54 Å². The number of hydrogen-bond acceptors (Lipinski definition) is 3. The Kier molecular flexibility index (Phi) is 3.47. The first-order valence-electron chi connectivity index (χ1n) is 4.86. The van der Waals surface area contributed by atoms with Gasteiger partial charge in [-0.25, -0.2) is 0 Å². The van der Waals surface area contributed by atoms with Gasteiger partial charge in [-0.15, -0.1) is 0 Å². The molecule has 0 bridgehead atoms. The van der Waals surface area contributed by atoms with Gasteiger partial charge in [0.15, 0.2) is 0 Å². The van der Waals surface area contributed by atoms with Gasteiger partial charge in [0.2, 0.25) is 0 Å². The van der Waals surface area contributed by atoms with E-state index in [9.17, 15) is 5.11 Å². The highest BCUT2D eigenvalue weighted by atomic mass is 16.3. The van der Waals surface area contributed by atoms with Gasteiger partial charge in [-0.2, -0.15) is 0 Å². The average molecular weight is 194 g/mol. The SMILES string of the molecule is Cc1ccc(O)c(CN(C)C(C)C)n1. The molecule has 0 aromatic carbocycles. The largest absolute Gasteiger partial charge is 0.506 e. The van der Waals surface area contributed by atoms with Gasteiger partial charge >= 0.3 is 0 Å². The molecule has 1 aromatic heterocycles. The summed E-state index contributed by atoms with van der Waals surface area (Å²) >= 11 is 0. The highest BCUT2D eigenvalue weighted by Crippen LogP contribution is 2.16. The molecular weight excluding hydrogens is 176 g/mol. The van der Waals surface area contributed by atoms with Crippen molar-refractivity contribution in [2.45, 2.75) is 33.4 Å². The Bertz CT molecular complexity index is 310. The van der Waals surface area contributed by atoms with Gasteiger partial charge in [-0.1, -0.05) is 0 Å². The fourth-order valence-corrected chi connectivity index (χ4v) is 1.14. The Labute approximate surface area is 85.4 Å². The summed E-state index contributed by atoms with van der Waals surface area (Å²) in [6.45, 7) is 6.85. The minimum Gasteiger partial charge on any atom is -0.506 e. The topological polar surface area (TPSA) is 36.4 Å². The lowest BCUT2D eigenvalue weighted by molar-refractivity contribution is 0.258. The third-order valence-electron chi connectivity index (χ3n) is 2.37. The Hall–Kier alpha value is -1.09. The maximum absolute atomic E-state index is 9.58. The number of pyridine rings is 1. The van der Waals surface area contributed by atoms with Crippen molar-refractivity contribution in [3.8, 4) is 5.75 Å². The molecule has 0 amide bonds. The van der Waals surface area contributed by atoms with Crippen molar-refractivity contribution >= 4 is 0 Å². The van der Waals surface area contributed by atoms with E-state index in [0.29, 0.717) is 12.6 Å². The van der Waals surface area contributed by atoms with E-state index in [4.69, 9.17) is 0 Å². The maximum Gasteiger partial charge on any atom is 0.138 e. The second kappa shape index (κ2) is 4.42. The zero-order valence-corrected chi connectivity index (χ0v) is 9.28. The van der Waals surface area contributed by atoms with Crippen LogP contribution in [0, 0.1) is 6.92 Å². The highest BCUT2D eigenvalue weighted by molar-refractivity contribution is 5.27. The molecule has 0 atom stereocenters. The van der Waals surface area contributed by atoms with E-state index in [-0.39, 0.29) is 5.75 Å². The van der Waals surface area contributed by atoms with E-state index >= 15 is 0 Å². The van der Waals surface area contributed by atoms with Gasteiger partial charge in [-0.3, -0.25) is 9.88 Å². The van der Waals surface area contributed by atoms with Gasteiger partial charge in [0.05, 0.1) is 5.69 Å². The van der Waals surface area contributed by atoms with Crippen molar-refractivity contribution in [1.82, 2.24) is 9.88 Å². The number of rotatable bonds is 3. The third-order valence-corrected chi connectivity index (χ3v) is 2.37. The van der Waals surface area contributed by atoms with Gasteiger partial charge in [-0.05, 0) is 40.0 Å². The molecule has 0 saturated heterocycles. The Morgan fingerprint density at radius 1 is 1.43 bits per heavy atom. The van der Waals surface area contributed by atoms with Crippen molar-refractivity contribution in [2.24, 2.45) is 0 Å². The molecule has 78 valence electrons. The van der Waals surface area contributed by atoms with Crippen LogP contribution in [0.25, 0.3) is 0 Å². The summed E-state index contributed by atoms with van der Waals surface area (Å²) in [7, 11) is 2.02. The van der Waals surface area contributed by atoms with Gasteiger partial charge in [0.25, 0.3) is 0 Å². The third kappa shape index (κ3) is 2.70. The molecule has 0 unspecified atom stereocenters. The summed E-state index contributed by atoms with van der Waals surface area (Å²) < 4.78 is 0. The minimum absolute atomic E-state index is 0.281. The zero-order valence-electron chi connectivity index (χ0n) is 9.28. The molecule has 0 spiro atoms. The molecule has 14 heavy (non-hydrogen) atoms. The van der Waals surface area contributed by atoms with E-state index in [1.165, 1.54) is 0 Å². The lowest BCUT2D eigenvalue weighted by Crippen LogP contribution is -2.26. The standard InChI is InChI=1S/C11H18N2O/c1-8(2)13(4)7-10-11(14)6-5-9(3)12-10/h5-6,8,14H,7H2,1-4H3. The number of nitrogens with zero attached hydrogens (tertiary/aromatic N) is 2. The summed E-state index contributed by atoms with van der Waals surface area (Å²) in [6, 6.07) is 3.97. The van der Waals surface area contributed by atoms with Crippen LogP contribution in [0.3, 0.4) is 0 Å². The average Bonchev–Trinajstić information content (AvgIpc) is 2.11. The summed E-state index contributed by atoms with van der Waals surface area (Å²) in [5.74, 6) is 0.281. The lowest BCUT2D eigenvalue weighted by atomic mass is 10.2. The minimum atomic E-state index is 0.281. The van der Waals surface area contributed by atoms with Gasteiger partial charge in [0, 0.05) is 18.3 Å². The monoisotopic (exact) mass is 194 g/mol. The molecule has 0 saturated carbocycles. The van der Waals surface area contributed by atoms with Crippen LogP contribution in [0.2, 0.25) is 0 Å². The van der Waals surface area contributed by atoms with E-state index in [1.807, 2.05) is 20.0 Å². The molecule has 0 aliphatic carbocycles. The second-order valence-electron chi connectivity index (χ2n) is 3.93. The molecule has 1 rings (SSSR count). The molecule has 0 aliphatic heterocycles. The highest BCUT2D eigenvalue weighted by Gasteiger charge is 2.08. The van der Waals surface area contributed by atoms with Crippen LogP contribution in [0.15, 0.2) is 12.1 Å². The molecule has 1 aromatic rings. The zero-order chi connectivity index (χ0) is 10.7. The van der Waals surface area contributed by atoms with Crippen LogP contribution in [0.1, 0.15) is 25.2 Å². The van der Waals surface area contributed by atoms with E-state index in [2.05, 4.69) is 23.7 Å². The first-order chi connectivity index (χ1) is 6.50. The first kappa shape index (κ1) is 11.0. The molecule has 1 N–H and O–H groups in total. The first-order valence-corrected chi connectivity index (χ1v) is 4.86. The van der Waals surface area contributed by atoms with E-state index < -0.39 is 0 Å². The maximum atomic E-state index is 9.58. The predicted octanol–water partition coefficient (Wildman–Crippen LogP) is 1.94. The predicted molar refractivity (Wildman–Crippen MR) is 57.2 cm³/mol. The summed E-state index contributed by atoms with van der Waals surface area (Å²) in [5, 5.41) is 9.58. The quantitative estimate of drug-likeness (QED) is 0.798. The van der Waals surface area contributed by atoms with Crippen LogP contribution < -0.4 is 0 Å². The number of aryl methyl sites for hydroxylation is 1. The smallest absolute Gasteiger partial charge is 0.138 e. The fraction of sp³-hybridized carbons (Fsp3) is 0.545. The molecule has 1 heterocycles. The van der Waals surface area contributed by atoms with Crippen molar-refractivity contribution in [2.75, 3.05) is 7.05 Å². The normalized spacial score (nSPS) is 11.3. The van der Waals surface area contributed by atoms with Crippen LogP contribution >= 0.6 is 0 Å². The Balaban J connectivity index is 2.80. The number of hydrogen-bond donors (Lipinski definition) is 1. The number of aromatic hydroxyl groups is 1. The summed E-state index contributed by atoms with van der Waals surface area (Å²) in [6.07, 6.45) is 0. The lowest BCUT2D eigenvalue weighted by Gasteiger charge is -2.20. The second-order valence-corrected chi connectivity index (χ2v) is 3.93. The van der Waals surface area contributed by atoms with Crippen LogP contribution in [-0.4, -0.2) is 28.1 Å². The van der Waals surface area contributed by atoms with Gasteiger partial charge in [0.1, 0.15) is 5.75 Å². The van der Waals surface area contributed by atoms with Crippen LogP contribution in [0.4, 0.5) is 0 Å². The Morgan fingerprint density at radius 2 is 2.07 bits per heavy atom. The summed E-state index contributed by atoms with van der Waals surface area (Å²) in [4.78, 5) is 6.44. The van der Waals surface area contributed by atoms with Gasteiger partial charge < -0.3 is 5.11 Å². The molecule has 0 radical (unpaired) electrons.